The van der Waals surface area contributed by atoms with Crippen molar-refractivity contribution in [3.8, 4) is 0 Å². The van der Waals surface area contributed by atoms with Crippen LogP contribution in [-0.2, 0) is 16.0 Å². The molecule has 1 amide bonds. The lowest BCUT2D eigenvalue weighted by Gasteiger charge is -2.26. The highest BCUT2D eigenvalue weighted by molar-refractivity contribution is 5.83. The molecule has 0 spiro atoms. The maximum atomic E-state index is 12.3. The van der Waals surface area contributed by atoms with E-state index >= 15 is 0 Å². The van der Waals surface area contributed by atoms with E-state index in [2.05, 4.69) is 0 Å². The molecule has 1 aliphatic rings. The fourth-order valence-electron chi connectivity index (χ4n) is 2.71. The maximum absolute atomic E-state index is 12.3. The van der Waals surface area contributed by atoms with Gasteiger partial charge in [0.2, 0.25) is 5.91 Å². The molecule has 0 aliphatic carbocycles. The molecule has 5 heteroatoms. The Balaban J connectivity index is 1.97. The van der Waals surface area contributed by atoms with E-state index in [9.17, 15) is 9.59 Å². The highest BCUT2D eigenvalue weighted by Gasteiger charge is 2.32. The molecular formula is C15H20N2O3. The molecule has 1 saturated heterocycles. The Labute approximate surface area is 118 Å². The van der Waals surface area contributed by atoms with Gasteiger partial charge in [-0.25, -0.2) is 0 Å². The van der Waals surface area contributed by atoms with E-state index in [0.29, 0.717) is 13.0 Å². The maximum Gasteiger partial charge on any atom is 0.305 e. The minimum atomic E-state index is -0.869. The number of carbonyl (C=O) groups is 2. The van der Waals surface area contributed by atoms with Gasteiger partial charge in [0.25, 0.3) is 0 Å². The van der Waals surface area contributed by atoms with Crippen LogP contribution in [0.2, 0.25) is 0 Å². The van der Waals surface area contributed by atoms with E-state index in [4.69, 9.17) is 10.8 Å². The number of carboxylic acids is 1. The third-order valence-electron chi connectivity index (χ3n) is 3.69. The Kier molecular flexibility index (Phi) is 4.74. The van der Waals surface area contributed by atoms with Crippen LogP contribution >= 0.6 is 0 Å². The van der Waals surface area contributed by atoms with Crippen molar-refractivity contribution < 1.29 is 14.7 Å². The third-order valence-corrected chi connectivity index (χ3v) is 3.69. The van der Waals surface area contributed by atoms with Gasteiger partial charge in [-0.1, -0.05) is 30.3 Å². The van der Waals surface area contributed by atoms with Crippen LogP contribution in [0.25, 0.3) is 0 Å². The average molecular weight is 276 g/mol. The van der Waals surface area contributed by atoms with E-state index in [0.717, 1.165) is 18.4 Å². The SMILES string of the molecule is NC(Cc1ccccc1)C(=O)N1CCCC1CC(=O)O. The van der Waals surface area contributed by atoms with E-state index in [1.807, 2.05) is 30.3 Å². The zero-order chi connectivity index (χ0) is 14.5. The van der Waals surface area contributed by atoms with Crippen LogP contribution in [0, 0.1) is 0 Å². The lowest BCUT2D eigenvalue weighted by Crippen LogP contribution is -2.47. The molecule has 5 nitrogen and oxygen atoms in total. The number of aliphatic carboxylic acids is 1. The second-order valence-corrected chi connectivity index (χ2v) is 5.22. The summed E-state index contributed by atoms with van der Waals surface area (Å²) in [6.07, 6.45) is 2.08. The number of benzene rings is 1. The summed E-state index contributed by atoms with van der Waals surface area (Å²) in [6.45, 7) is 0.610. The summed E-state index contributed by atoms with van der Waals surface area (Å²) in [4.78, 5) is 24.8. The highest BCUT2D eigenvalue weighted by Crippen LogP contribution is 2.21. The van der Waals surface area contributed by atoms with E-state index in [1.165, 1.54) is 0 Å². The average Bonchev–Trinajstić information content (AvgIpc) is 2.86. The Morgan fingerprint density at radius 2 is 2.05 bits per heavy atom. The molecular weight excluding hydrogens is 256 g/mol. The van der Waals surface area contributed by atoms with Crippen molar-refractivity contribution in [1.82, 2.24) is 4.90 Å². The minimum absolute atomic E-state index is 0.00377. The van der Waals surface area contributed by atoms with Crippen molar-refractivity contribution in [1.29, 1.82) is 0 Å². The van der Waals surface area contributed by atoms with Crippen molar-refractivity contribution in [2.24, 2.45) is 5.73 Å². The van der Waals surface area contributed by atoms with Crippen LogP contribution in [0.5, 0.6) is 0 Å². The van der Waals surface area contributed by atoms with Gasteiger partial charge in [-0.3, -0.25) is 9.59 Å². The van der Waals surface area contributed by atoms with Crippen molar-refractivity contribution in [3.05, 3.63) is 35.9 Å². The molecule has 1 fully saturated rings. The van der Waals surface area contributed by atoms with Crippen molar-refractivity contribution >= 4 is 11.9 Å². The summed E-state index contributed by atoms with van der Waals surface area (Å²) in [5.74, 6) is -1.01. The number of carboxylic acid groups (broad SMARTS) is 1. The molecule has 2 rings (SSSR count). The van der Waals surface area contributed by atoms with Gasteiger partial charge in [-0.05, 0) is 24.8 Å². The number of carbonyl (C=O) groups excluding carboxylic acids is 1. The largest absolute Gasteiger partial charge is 0.481 e. The van der Waals surface area contributed by atoms with Crippen molar-refractivity contribution in [2.45, 2.75) is 37.8 Å². The smallest absolute Gasteiger partial charge is 0.305 e. The summed E-state index contributed by atoms with van der Waals surface area (Å²) in [5, 5.41) is 8.88. The zero-order valence-corrected chi connectivity index (χ0v) is 11.4. The minimum Gasteiger partial charge on any atom is -0.481 e. The predicted octanol–water partition coefficient (Wildman–Crippen LogP) is 1.02. The number of rotatable bonds is 5. The fourth-order valence-corrected chi connectivity index (χ4v) is 2.71. The number of hydrogen-bond acceptors (Lipinski definition) is 3. The van der Waals surface area contributed by atoms with Gasteiger partial charge >= 0.3 is 5.97 Å². The van der Waals surface area contributed by atoms with Crippen LogP contribution in [-0.4, -0.2) is 40.5 Å². The topological polar surface area (TPSA) is 83.6 Å². The standard InChI is InChI=1S/C15H20N2O3/c16-13(9-11-5-2-1-3-6-11)15(20)17-8-4-7-12(17)10-14(18)19/h1-3,5-6,12-13H,4,7-10,16H2,(H,18,19). The van der Waals surface area contributed by atoms with Gasteiger partial charge in [-0.2, -0.15) is 0 Å². The normalized spacial score (nSPS) is 19.9. The first-order valence-electron chi connectivity index (χ1n) is 6.89. The van der Waals surface area contributed by atoms with Crippen LogP contribution < -0.4 is 5.73 Å². The first kappa shape index (κ1) is 14.5. The van der Waals surface area contributed by atoms with Crippen LogP contribution in [0.3, 0.4) is 0 Å². The van der Waals surface area contributed by atoms with Crippen LogP contribution in [0.1, 0.15) is 24.8 Å². The molecule has 108 valence electrons. The Bertz CT molecular complexity index is 475. The number of nitrogens with zero attached hydrogens (tertiary/aromatic N) is 1. The molecule has 20 heavy (non-hydrogen) atoms. The summed E-state index contributed by atoms with van der Waals surface area (Å²) in [5.41, 5.74) is 7.00. The molecule has 0 bridgehead atoms. The number of likely N-dealkylation sites (tertiary alicyclic amines) is 1. The van der Waals surface area contributed by atoms with Crippen molar-refractivity contribution in [3.63, 3.8) is 0 Å². The quantitative estimate of drug-likeness (QED) is 0.841. The molecule has 2 unspecified atom stereocenters. The monoisotopic (exact) mass is 276 g/mol. The van der Waals surface area contributed by atoms with Gasteiger partial charge in [0.1, 0.15) is 0 Å². The molecule has 0 radical (unpaired) electrons. The Morgan fingerprint density at radius 1 is 1.35 bits per heavy atom. The van der Waals surface area contributed by atoms with Crippen LogP contribution in [0.15, 0.2) is 30.3 Å². The lowest BCUT2D eigenvalue weighted by atomic mass is 10.0. The molecule has 3 N–H and O–H groups in total. The number of hydrogen-bond donors (Lipinski definition) is 2. The Morgan fingerprint density at radius 3 is 2.70 bits per heavy atom. The summed E-state index contributed by atoms with van der Waals surface area (Å²) in [6, 6.07) is 8.80. The third kappa shape index (κ3) is 3.57. The summed E-state index contributed by atoms with van der Waals surface area (Å²) < 4.78 is 0. The first-order chi connectivity index (χ1) is 9.58. The fraction of sp³-hybridized carbons (Fsp3) is 0.467. The van der Waals surface area contributed by atoms with Gasteiger partial charge in [0.05, 0.1) is 12.5 Å². The predicted molar refractivity (Wildman–Crippen MR) is 75.1 cm³/mol. The lowest BCUT2D eigenvalue weighted by molar-refractivity contribution is -0.140. The van der Waals surface area contributed by atoms with E-state index < -0.39 is 12.0 Å². The number of nitrogens with two attached hydrogens (primary N) is 1. The molecule has 1 aromatic rings. The highest BCUT2D eigenvalue weighted by atomic mass is 16.4. The summed E-state index contributed by atoms with van der Waals surface area (Å²) >= 11 is 0. The number of amides is 1. The molecule has 1 aliphatic heterocycles. The molecule has 1 heterocycles. The van der Waals surface area contributed by atoms with Crippen molar-refractivity contribution in [2.75, 3.05) is 6.54 Å². The molecule has 0 saturated carbocycles. The second kappa shape index (κ2) is 6.52. The summed E-state index contributed by atoms with van der Waals surface area (Å²) in [7, 11) is 0. The van der Waals surface area contributed by atoms with E-state index in [1.54, 1.807) is 4.90 Å². The van der Waals surface area contributed by atoms with Crippen LogP contribution in [0.4, 0.5) is 0 Å². The Hall–Kier alpha value is -1.88. The first-order valence-corrected chi connectivity index (χ1v) is 6.89. The van der Waals surface area contributed by atoms with Gasteiger partial charge in [-0.15, -0.1) is 0 Å². The van der Waals surface area contributed by atoms with Gasteiger partial charge in [0.15, 0.2) is 0 Å². The van der Waals surface area contributed by atoms with E-state index in [-0.39, 0.29) is 18.4 Å². The molecule has 2 atom stereocenters. The molecule has 1 aromatic carbocycles. The second-order valence-electron chi connectivity index (χ2n) is 5.22. The van der Waals surface area contributed by atoms with Gasteiger partial charge < -0.3 is 15.7 Å². The molecule has 0 aromatic heterocycles. The zero-order valence-electron chi connectivity index (χ0n) is 11.4. The van der Waals surface area contributed by atoms with Gasteiger partial charge in [0, 0.05) is 12.6 Å².